The van der Waals surface area contributed by atoms with Gasteiger partial charge in [0.15, 0.2) is 0 Å². The zero-order valence-electron chi connectivity index (χ0n) is 14.4. The van der Waals surface area contributed by atoms with Gasteiger partial charge in [-0.05, 0) is 55.0 Å². The van der Waals surface area contributed by atoms with Gasteiger partial charge in [-0.15, -0.1) is 11.3 Å². The Balaban J connectivity index is 1.63. The summed E-state index contributed by atoms with van der Waals surface area (Å²) in [6, 6.07) is 10.1. The van der Waals surface area contributed by atoms with E-state index in [1.807, 2.05) is 17.5 Å². The monoisotopic (exact) mass is 393 g/mol. The Morgan fingerprint density at radius 2 is 2.04 bits per heavy atom. The molecule has 1 aromatic carbocycles. The van der Waals surface area contributed by atoms with Gasteiger partial charge in [0.05, 0.1) is 4.90 Å². The minimum absolute atomic E-state index is 0.0739. The molecule has 3 N–H and O–H groups in total. The van der Waals surface area contributed by atoms with E-state index in [2.05, 4.69) is 4.72 Å². The van der Waals surface area contributed by atoms with E-state index in [1.165, 1.54) is 12.1 Å². The zero-order valence-corrected chi connectivity index (χ0v) is 16.1. The van der Waals surface area contributed by atoms with Crippen LogP contribution in [0.3, 0.4) is 0 Å². The molecule has 1 aliphatic heterocycles. The first-order valence-electron chi connectivity index (χ1n) is 8.64. The summed E-state index contributed by atoms with van der Waals surface area (Å²) in [7, 11) is -3.58. The van der Waals surface area contributed by atoms with Gasteiger partial charge in [0.25, 0.3) is 5.91 Å². The van der Waals surface area contributed by atoms with Gasteiger partial charge in [0, 0.05) is 36.1 Å². The molecule has 1 atom stereocenters. The Bertz CT molecular complexity index is 833. The molecular weight excluding hydrogens is 370 g/mol. The van der Waals surface area contributed by atoms with Gasteiger partial charge in [0.1, 0.15) is 0 Å². The van der Waals surface area contributed by atoms with Crippen LogP contribution in [0.5, 0.6) is 0 Å². The lowest BCUT2D eigenvalue weighted by Gasteiger charge is -2.23. The summed E-state index contributed by atoms with van der Waals surface area (Å²) in [5, 5.41) is 1.97. The molecule has 1 amide bonds. The highest BCUT2D eigenvalue weighted by Crippen LogP contribution is 2.20. The number of nitrogens with one attached hydrogen (secondary N) is 1. The van der Waals surface area contributed by atoms with Gasteiger partial charge >= 0.3 is 0 Å². The Hall–Kier alpha value is -1.74. The van der Waals surface area contributed by atoms with Crippen LogP contribution in [0.15, 0.2) is 46.7 Å². The molecular formula is C18H23N3O3S2. The molecule has 0 spiro atoms. The molecule has 0 aliphatic carbocycles. The molecule has 1 fully saturated rings. The maximum absolute atomic E-state index is 12.6. The number of amides is 1. The number of hydrogen-bond donors (Lipinski definition) is 2. The second kappa shape index (κ2) is 8.30. The van der Waals surface area contributed by atoms with Gasteiger partial charge in [-0.3, -0.25) is 4.79 Å². The second-order valence-corrected chi connectivity index (χ2v) is 9.08. The standard InChI is InChI=1S/C18H23N3O3S2/c19-13-15-3-1-11-21(15)18(22)14-5-7-17(8-6-14)26(23,24)20-10-9-16-4-2-12-25-16/h2,4-8,12,15,20H,1,3,9-11,13,19H2. The van der Waals surface area contributed by atoms with Gasteiger partial charge in [-0.1, -0.05) is 6.07 Å². The van der Waals surface area contributed by atoms with Gasteiger partial charge in [0.2, 0.25) is 10.0 Å². The van der Waals surface area contributed by atoms with Crippen molar-refractivity contribution in [2.75, 3.05) is 19.6 Å². The predicted octanol–water partition coefficient (Wildman–Crippen LogP) is 1.83. The third-order valence-corrected chi connectivity index (χ3v) is 6.98. The molecule has 0 saturated carbocycles. The molecule has 140 valence electrons. The van der Waals surface area contributed by atoms with E-state index in [0.29, 0.717) is 31.6 Å². The highest BCUT2D eigenvalue weighted by Gasteiger charge is 2.28. The molecule has 6 nitrogen and oxygen atoms in total. The van der Waals surface area contributed by atoms with E-state index in [9.17, 15) is 13.2 Å². The first-order chi connectivity index (χ1) is 12.5. The van der Waals surface area contributed by atoms with E-state index >= 15 is 0 Å². The fourth-order valence-electron chi connectivity index (χ4n) is 3.14. The maximum atomic E-state index is 12.6. The quantitative estimate of drug-likeness (QED) is 0.751. The van der Waals surface area contributed by atoms with Crippen molar-refractivity contribution in [3.05, 3.63) is 52.2 Å². The van der Waals surface area contributed by atoms with Gasteiger partial charge in [-0.2, -0.15) is 0 Å². The lowest BCUT2D eigenvalue weighted by atomic mass is 10.1. The number of rotatable bonds is 7. The Morgan fingerprint density at radius 1 is 1.27 bits per heavy atom. The van der Waals surface area contributed by atoms with Crippen molar-refractivity contribution in [2.45, 2.75) is 30.2 Å². The second-order valence-electron chi connectivity index (χ2n) is 6.28. The summed E-state index contributed by atoms with van der Waals surface area (Å²) >= 11 is 1.60. The highest BCUT2D eigenvalue weighted by atomic mass is 32.2. The topological polar surface area (TPSA) is 92.5 Å². The molecule has 3 rings (SSSR count). The molecule has 8 heteroatoms. The van der Waals surface area contributed by atoms with Crippen LogP contribution in [0.4, 0.5) is 0 Å². The third-order valence-electron chi connectivity index (χ3n) is 4.57. The van der Waals surface area contributed by atoms with Crippen molar-refractivity contribution in [3.8, 4) is 0 Å². The minimum Gasteiger partial charge on any atom is -0.334 e. The molecule has 2 aromatic rings. The molecule has 1 unspecified atom stereocenters. The average Bonchev–Trinajstić information content (AvgIpc) is 3.32. The van der Waals surface area contributed by atoms with Crippen LogP contribution < -0.4 is 10.5 Å². The zero-order chi connectivity index (χ0) is 18.6. The number of hydrogen-bond acceptors (Lipinski definition) is 5. The number of likely N-dealkylation sites (tertiary alicyclic amines) is 1. The van der Waals surface area contributed by atoms with Crippen molar-refractivity contribution in [3.63, 3.8) is 0 Å². The van der Waals surface area contributed by atoms with Crippen LogP contribution >= 0.6 is 11.3 Å². The summed E-state index contributed by atoms with van der Waals surface area (Å²) in [6.45, 7) is 1.49. The van der Waals surface area contributed by atoms with Crippen LogP contribution in [-0.2, 0) is 16.4 Å². The molecule has 0 bridgehead atoms. The summed E-state index contributed by atoms with van der Waals surface area (Å²) in [6.07, 6.45) is 2.53. The average molecular weight is 394 g/mol. The summed E-state index contributed by atoms with van der Waals surface area (Å²) in [5.74, 6) is -0.0902. The Kier molecular flexibility index (Phi) is 6.08. The molecule has 0 radical (unpaired) electrons. The van der Waals surface area contributed by atoms with E-state index in [0.717, 1.165) is 17.7 Å². The van der Waals surface area contributed by atoms with Crippen LogP contribution in [-0.4, -0.2) is 44.9 Å². The smallest absolute Gasteiger partial charge is 0.254 e. The Morgan fingerprint density at radius 3 is 2.69 bits per heavy atom. The summed E-state index contributed by atoms with van der Waals surface area (Å²) < 4.78 is 27.4. The van der Waals surface area contributed by atoms with Gasteiger partial charge in [-0.25, -0.2) is 13.1 Å². The van der Waals surface area contributed by atoms with Crippen LogP contribution in [0.2, 0.25) is 0 Å². The van der Waals surface area contributed by atoms with E-state index < -0.39 is 10.0 Å². The first kappa shape index (κ1) is 19.0. The lowest BCUT2D eigenvalue weighted by molar-refractivity contribution is 0.0741. The highest BCUT2D eigenvalue weighted by molar-refractivity contribution is 7.89. The lowest BCUT2D eigenvalue weighted by Crippen LogP contribution is -2.39. The molecule has 1 aliphatic rings. The molecule has 26 heavy (non-hydrogen) atoms. The minimum atomic E-state index is -3.58. The van der Waals surface area contributed by atoms with Gasteiger partial charge < -0.3 is 10.6 Å². The molecule has 1 saturated heterocycles. The van der Waals surface area contributed by atoms with Crippen molar-refractivity contribution in [1.29, 1.82) is 0 Å². The number of carbonyl (C=O) groups is 1. The molecule has 1 aromatic heterocycles. The fraction of sp³-hybridized carbons (Fsp3) is 0.389. The van der Waals surface area contributed by atoms with Crippen molar-refractivity contribution < 1.29 is 13.2 Å². The summed E-state index contributed by atoms with van der Waals surface area (Å²) in [5.41, 5.74) is 6.21. The van der Waals surface area contributed by atoms with Crippen molar-refractivity contribution in [1.82, 2.24) is 9.62 Å². The number of nitrogens with two attached hydrogens (primary N) is 1. The Labute approximate surface area is 158 Å². The largest absolute Gasteiger partial charge is 0.334 e. The molecule has 2 heterocycles. The van der Waals surface area contributed by atoms with Crippen molar-refractivity contribution in [2.24, 2.45) is 5.73 Å². The fourth-order valence-corrected chi connectivity index (χ4v) is 4.88. The number of nitrogens with zero attached hydrogens (tertiary/aromatic N) is 1. The van der Waals surface area contributed by atoms with E-state index in [4.69, 9.17) is 5.73 Å². The van der Waals surface area contributed by atoms with Crippen LogP contribution in [0.1, 0.15) is 28.1 Å². The first-order valence-corrected chi connectivity index (χ1v) is 11.0. The van der Waals surface area contributed by atoms with E-state index in [-0.39, 0.29) is 16.8 Å². The normalized spacial score (nSPS) is 17.6. The number of sulfonamides is 1. The maximum Gasteiger partial charge on any atom is 0.254 e. The number of carbonyl (C=O) groups excluding carboxylic acids is 1. The van der Waals surface area contributed by atoms with E-state index in [1.54, 1.807) is 28.4 Å². The van der Waals surface area contributed by atoms with Crippen LogP contribution in [0, 0.1) is 0 Å². The van der Waals surface area contributed by atoms with Crippen molar-refractivity contribution >= 4 is 27.3 Å². The number of thiophene rings is 1. The third kappa shape index (κ3) is 4.32. The van der Waals surface area contributed by atoms with Crippen LogP contribution in [0.25, 0.3) is 0 Å². The predicted molar refractivity (Wildman–Crippen MR) is 103 cm³/mol. The SMILES string of the molecule is NCC1CCCN1C(=O)c1ccc(S(=O)(=O)NCCc2cccs2)cc1. The number of benzene rings is 1. The summed E-state index contributed by atoms with van der Waals surface area (Å²) in [4.78, 5) is 15.7.